The van der Waals surface area contributed by atoms with Gasteiger partial charge in [-0.25, -0.2) is 4.98 Å². The molecule has 1 unspecified atom stereocenters. The number of rotatable bonds is 6. The zero-order chi connectivity index (χ0) is 12.6. The van der Waals surface area contributed by atoms with Gasteiger partial charge in [0.1, 0.15) is 12.2 Å². The molecule has 0 bridgehead atoms. The summed E-state index contributed by atoms with van der Waals surface area (Å²) in [5.41, 5.74) is 0. The first-order chi connectivity index (χ1) is 8.84. The molecule has 18 heavy (non-hydrogen) atoms. The molecule has 0 aromatic carbocycles. The Morgan fingerprint density at radius 1 is 1.56 bits per heavy atom. The number of H-pyrrole nitrogens is 1. The van der Waals surface area contributed by atoms with E-state index in [4.69, 9.17) is 4.74 Å². The molecule has 2 rings (SSSR count). The fourth-order valence-corrected chi connectivity index (χ4v) is 2.08. The Morgan fingerprint density at radius 3 is 3.22 bits per heavy atom. The zero-order valence-corrected chi connectivity index (χ0v) is 10.5. The highest BCUT2D eigenvalue weighted by Crippen LogP contribution is 2.15. The van der Waals surface area contributed by atoms with E-state index in [-0.39, 0.29) is 12.0 Å². The largest absolute Gasteiger partial charge is 0.378 e. The first kappa shape index (κ1) is 13.0. The number of hydrogen-bond donors (Lipinski definition) is 2. The Morgan fingerprint density at radius 2 is 2.50 bits per heavy atom. The van der Waals surface area contributed by atoms with Crippen molar-refractivity contribution in [2.24, 2.45) is 0 Å². The molecular formula is C12H20N4O2. The van der Waals surface area contributed by atoms with E-state index in [1.807, 2.05) is 0 Å². The van der Waals surface area contributed by atoms with E-state index in [9.17, 15) is 4.79 Å². The second-order valence-electron chi connectivity index (χ2n) is 4.58. The van der Waals surface area contributed by atoms with Crippen LogP contribution in [0, 0.1) is 0 Å². The minimum absolute atomic E-state index is 0.0828. The predicted octanol–water partition coefficient (Wildman–Crippen LogP) is 0.813. The average Bonchev–Trinajstić information content (AvgIpc) is 2.89. The van der Waals surface area contributed by atoms with Crippen molar-refractivity contribution in [3.05, 3.63) is 12.2 Å². The van der Waals surface area contributed by atoms with Gasteiger partial charge >= 0.3 is 0 Å². The van der Waals surface area contributed by atoms with E-state index in [0.717, 1.165) is 38.1 Å². The molecule has 0 aliphatic carbocycles. The Balaban J connectivity index is 1.54. The molecule has 1 aliphatic rings. The number of carbonyl (C=O) groups is 1. The molecule has 0 radical (unpaired) electrons. The van der Waals surface area contributed by atoms with Gasteiger partial charge < -0.3 is 10.1 Å². The van der Waals surface area contributed by atoms with Crippen molar-refractivity contribution < 1.29 is 9.53 Å². The third-order valence-corrected chi connectivity index (χ3v) is 3.06. The molecule has 1 atom stereocenters. The fraction of sp³-hybridized carbons (Fsp3) is 0.750. The molecule has 6 nitrogen and oxygen atoms in total. The number of ether oxygens (including phenoxy) is 1. The van der Waals surface area contributed by atoms with Crippen LogP contribution in [0.1, 0.15) is 37.9 Å². The van der Waals surface area contributed by atoms with Gasteiger partial charge in [0.25, 0.3) is 0 Å². The summed E-state index contributed by atoms with van der Waals surface area (Å²) in [5, 5.41) is 9.48. The van der Waals surface area contributed by atoms with Crippen LogP contribution in [0.4, 0.5) is 0 Å². The lowest BCUT2D eigenvalue weighted by Gasteiger charge is -2.21. The van der Waals surface area contributed by atoms with Crippen molar-refractivity contribution in [2.45, 2.75) is 44.6 Å². The van der Waals surface area contributed by atoms with Crippen LogP contribution in [-0.2, 0) is 16.0 Å². The maximum absolute atomic E-state index is 11.6. The maximum Gasteiger partial charge on any atom is 0.222 e. The molecule has 1 aromatic rings. The summed E-state index contributed by atoms with van der Waals surface area (Å²) in [4.78, 5) is 15.7. The summed E-state index contributed by atoms with van der Waals surface area (Å²) >= 11 is 0. The maximum atomic E-state index is 11.6. The number of hydrogen-bond acceptors (Lipinski definition) is 4. The lowest BCUT2D eigenvalue weighted by molar-refractivity contribution is -0.124. The molecule has 6 heteroatoms. The lowest BCUT2D eigenvalue weighted by atomic mass is 10.1. The molecule has 1 fully saturated rings. The fourth-order valence-electron chi connectivity index (χ4n) is 2.08. The number of aromatic amines is 1. The van der Waals surface area contributed by atoms with Crippen molar-refractivity contribution in [1.29, 1.82) is 0 Å². The molecule has 2 N–H and O–H groups in total. The number of amides is 1. The molecule has 1 amide bonds. The van der Waals surface area contributed by atoms with Crippen LogP contribution in [0.25, 0.3) is 0 Å². The van der Waals surface area contributed by atoms with Gasteiger partial charge in [-0.05, 0) is 25.7 Å². The summed E-state index contributed by atoms with van der Waals surface area (Å²) in [5.74, 6) is 0.944. The van der Waals surface area contributed by atoms with Gasteiger partial charge in [0.15, 0.2) is 0 Å². The lowest BCUT2D eigenvalue weighted by Crippen LogP contribution is -2.31. The van der Waals surface area contributed by atoms with Crippen molar-refractivity contribution in [3.8, 4) is 0 Å². The van der Waals surface area contributed by atoms with Crippen LogP contribution in [0.3, 0.4) is 0 Å². The van der Waals surface area contributed by atoms with E-state index in [2.05, 4.69) is 20.5 Å². The van der Waals surface area contributed by atoms with Gasteiger partial charge in [-0.15, -0.1) is 0 Å². The van der Waals surface area contributed by atoms with Crippen LogP contribution >= 0.6 is 0 Å². The smallest absolute Gasteiger partial charge is 0.222 e. The van der Waals surface area contributed by atoms with E-state index < -0.39 is 0 Å². The van der Waals surface area contributed by atoms with E-state index in [1.165, 1.54) is 12.7 Å². The summed E-state index contributed by atoms with van der Waals surface area (Å²) in [7, 11) is 0. The molecule has 0 spiro atoms. The molecule has 2 heterocycles. The first-order valence-electron chi connectivity index (χ1n) is 6.57. The Bertz CT molecular complexity index is 347. The SMILES string of the molecule is O=C(CC1CCCCO1)NCCCc1ncn[nH]1. The van der Waals surface area contributed by atoms with Crippen molar-refractivity contribution in [3.63, 3.8) is 0 Å². The summed E-state index contributed by atoms with van der Waals surface area (Å²) in [6.45, 7) is 1.47. The second kappa shape index (κ2) is 7.10. The zero-order valence-electron chi connectivity index (χ0n) is 10.5. The monoisotopic (exact) mass is 252 g/mol. The van der Waals surface area contributed by atoms with Gasteiger partial charge in [-0.2, -0.15) is 5.10 Å². The third-order valence-electron chi connectivity index (χ3n) is 3.06. The van der Waals surface area contributed by atoms with Gasteiger partial charge in [-0.1, -0.05) is 0 Å². The van der Waals surface area contributed by atoms with Crippen LogP contribution in [0.2, 0.25) is 0 Å². The molecule has 0 saturated carbocycles. The summed E-state index contributed by atoms with van der Waals surface area (Å²) in [6.07, 6.45) is 7.07. The number of nitrogens with zero attached hydrogens (tertiary/aromatic N) is 2. The number of nitrogens with one attached hydrogen (secondary N) is 2. The second-order valence-corrected chi connectivity index (χ2v) is 4.58. The highest BCUT2D eigenvalue weighted by molar-refractivity contribution is 5.76. The molecule has 1 saturated heterocycles. The van der Waals surface area contributed by atoms with Crippen LogP contribution in [0.15, 0.2) is 6.33 Å². The molecule has 1 aromatic heterocycles. The standard InChI is InChI=1S/C12H20N4O2/c17-12(8-10-4-1-2-7-18-10)13-6-3-5-11-14-9-15-16-11/h9-10H,1-8H2,(H,13,17)(H,14,15,16). The average molecular weight is 252 g/mol. The molecule has 100 valence electrons. The highest BCUT2D eigenvalue weighted by atomic mass is 16.5. The van der Waals surface area contributed by atoms with E-state index in [1.54, 1.807) is 0 Å². The minimum Gasteiger partial charge on any atom is -0.378 e. The van der Waals surface area contributed by atoms with Gasteiger partial charge in [-0.3, -0.25) is 9.89 Å². The molecule has 1 aliphatic heterocycles. The van der Waals surface area contributed by atoms with Gasteiger partial charge in [0.2, 0.25) is 5.91 Å². The molecular weight excluding hydrogens is 232 g/mol. The Kier molecular flexibility index (Phi) is 5.14. The van der Waals surface area contributed by atoms with Crippen molar-refractivity contribution in [1.82, 2.24) is 20.5 Å². The third kappa shape index (κ3) is 4.44. The van der Waals surface area contributed by atoms with Gasteiger partial charge in [0, 0.05) is 19.6 Å². The van der Waals surface area contributed by atoms with E-state index in [0.29, 0.717) is 13.0 Å². The predicted molar refractivity (Wildman–Crippen MR) is 65.9 cm³/mol. The topological polar surface area (TPSA) is 79.9 Å². The minimum atomic E-state index is 0.0828. The first-order valence-corrected chi connectivity index (χ1v) is 6.57. The Hall–Kier alpha value is -1.43. The number of aromatic nitrogens is 3. The normalized spacial score (nSPS) is 19.7. The summed E-state index contributed by atoms with van der Waals surface area (Å²) in [6, 6.07) is 0. The van der Waals surface area contributed by atoms with E-state index >= 15 is 0 Å². The van der Waals surface area contributed by atoms with Crippen molar-refractivity contribution >= 4 is 5.91 Å². The van der Waals surface area contributed by atoms with Crippen LogP contribution < -0.4 is 5.32 Å². The number of carbonyl (C=O) groups excluding carboxylic acids is 1. The van der Waals surface area contributed by atoms with Crippen LogP contribution in [-0.4, -0.2) is 40.3 Å². The quantitative estimate of drug-likeness (QED) is 0.734. The number of aryl methyl sites for hydroxylation is 1. The highest BCUT2D eigenvalue weighted by Gasteiger charge is 2.17. The van der Waals surface area contributed by atoms with Crippen molar-refractivity contribution in [2.75, 3.05) is 13.2 Å². The van der Waals surface area contributed by atoms with Gasteiger partial charge in [0.05, 0.1) is 12.5 Å². The summed E-state index contributed by atoms with van der Waals surface area (Å²) < 4.78 is 5.53. The Labute approximate surface area is 107 Å². The van der Waals surface area contributed by atoms with Crippen LogP contribution in [0.5, 0.6) is 0 Å².